The molecule has 114 valence electrons. The van der Waals surface area contributed by atoms with E-state index in [0.717, 1.165) is 18.5 Å². The lowest BCUT2D eigenvalue weighted by Gasteiger charge is -2.07. The SMILES string of the molecule is CCCn1cc(S(=O)(=O)Nc2cccc(CN)c2)nc1C. The molecule has 3 N–H and O–H groups in total. The number of aromatic nitrogens is 2. The van der Waals surface area contributed by atoms with Crippen LogP contribution < -0.4 is 10.5 Å². The van der Waals surface area contributed by atoms with Crippen LogP contribution in [0.25, 0.3) is 0 Å². The number of nitrogens with one attached hydrogen (secondary N) is 1. The molecule has 0 unspecified atom stereocenters. The number of hydrogen-bond donors (Lipinski definition) is 2. The number of hydrogen-bond acceptors (Lipinski definition) is 4. The largest absolute Gasteiger partial charge is 0.334 e. The predicted octanol–water partition coefficient (Wildman–Crippen LogP) is 1.86. The molecule has 0 saturated heterocycles. The summed E-state index contributed by atoms with van der Waals surface area (Å²) in [5.41, 5.74) is 6.91. The molecule has 7 heteroatoms. The Labute approximate surface area is 125 Å². The Morgan fingerprint density at radius 3 is 2.81 bits per heavy atom. The summed E-state index contributed by atoms with van der Waals surface area (Å²) in [5.74, 6) is 0.688. The van der Waals surface area contributed by atoms with E-state index in [1.54, 1.807) is 31.3 Å². The molecule has 1 aromatic carbocycles. The molecule has 2 aromatic rings. The van der Waals surface area contributed by atoms with E-state index in [1.807, 2.05) is 17.6 Å². The summed E-state index contributed by atoms with van der Waals surface area (Å²) in [6.45, 7) is 4.94. The van der Waals surface area contributed by atoms with Gasteiger partial charge in [0.25, 0.3) is 10.0 Å². The van der Waals surface area contributed by atoms with Crippen molar-refractivity contribution in [3.05, 3.63) is 41.9 Å². The van der Waals surface area contributed by atoms with Gasteiger partial charge in [-0.1, -0.05) is 19.1 Å². The van der Waals surface area contributed by atoms with Gasteiger partial charge in [-0.25, -0.2) is 4.98 Å². The van der Waals surface area contributed by atoms with Crippen LogP contribution in [-0.2, 0) is 23.1 Å². The van der Waals surface area contributed by atoms with E-state index >= 15 is 0 Å². The van der Waals surface area contributed by atoms with Crippen LogP contribution in [0.5, 0.6) is 0 Å². The fourth-order valence-electron chi connectivity index (χ4n) is 2.05. The van der Waals surface area contributed by atoms with Crippen LogP contribution in [0.4, 0.5) is 5.69 Å². The van der Waals surface area contributed by atoms with Crippen molar-refractivity contribution in [3.63, 3.8) is 0 Å². The average Bonchev–Trinajstić information content (AvgIpc) is 2.81. The molecule has 1 aromatic heterocycles. The van der Waals surface area contributed by atoms with E-state index in [-0.39, 0.29) is 5.03 Å². The van der Waals surface area contributed by atoms with E-state index in [9.17, 15) is 8.42 Å². The van der Waals surface area contributed by atoms with Gasteiger partial charge in [0.05, 0.1) is 0 Å². The summed E-state index contributed by atoms with van der Waals surface area (Å²) in [4.78, 5) is 4.13. The first-order chi connectivity index (χ1) is 9.96. The second-order valence-corrected chi connectivity index (χ2v) is 6.46. The smallest absolute Gasteiger partial charge is 0.280 e. The fourth-order valence-corrected chi connectivity index (χ4v) is 3.11. The molecule has 0 aliphatic rings. The van der Waals surface area contributed by atoms with E-state index in [4.69, 9.17) is 5.73 Å². The number of rotatable bonds is 6. The standard InChI is InChI=1S/C14H20N4O2S/c1-3-7-18-10-14(16-11(18)2)21(19,20)17-13-6-4-5-12(8-13)9-15/h4-6,8,10,17H,3,7,9,15H2,1-2H3. The van der Waals surface area contributed by atoms with E-state index in [2.05, 4.69) is 9.71 Å². The van der Waals surface area contributed by atoms with Gasteiger partial charge in [-0.15, -0.1) is 0 Å². The third-order valence-electron chi connectivity index (χ3n) is 3.11. The minimum Gasteiger partial charge on any atom is -0.334 e. The normalized spacial score (nSPS) is 11.6. The summed E-state index contributed by atoms with van der Waals surface area (Å²) in [6, 6.07) is 7.01. The molecule has 0 bridgehead atoms. The van der Waals surface area contributed by atoms with E-state index in [1.165, 1.54) is 0 Å². The molecule has 0 saturated carbocycles. The lowest BCUT2D eigenvalue weighted by atomic mass is 10.2. The number of aryl methyl sites for hydroxylation is 2. The van der Waals surface area contributed by atoms with Crippen molar-refractivity contribution in [2.24, 2.45) is 5.73 Å². The molecule has 0 radical (unpaired) electrons. The molecule has 0 atom stereocenters. The average molecular weight is 308 g/mol. The Balaban J connectivity index is 2.27. The Hall–Kier alpha value is -1.86. The quantitative estimate of drug-likeness (QED) is 0.852. The van der Waals surface area contributed by atoms with Crippen molar-refractivity contribution in [2.45, 2.75) is 38.4 Å². The number of imidazole rings is 1. The third kappa shape index (κ3) is 3.62. The van der Waals surface area contributed by atoms with Crippen LogP contribution in [0.15, 0.2) is 35.5 Å². The second kappa shape index (κ2) is 6.28. The Morgan fingerprint density at radius 1 is 1.38 bits per heavy atom. The van der Waals surface area contributed by atoms with Crippen molar-refractivity contribution in [1.29, 1.82) is 0 Å². The Bertz CT molecular complexity index is 722. The van der Waals surface area contributed by atoms with Gasteiger partial charge in [-0.2, -0.15) is 8.42 Å². The van der Waals surface area contributed by atoms with Crippen molar-refractivity contribution in [1.82, 2.24) is 9.55 Å². The molecular formula is C14H20N4O2S. The summed E-state index contributed by atoms with van der Waals surface area (Å²) >= 11 is 0. The summed E-state index contributed by atoms with van der Waals surface area (Å²) < 4.78 is 29.1. The van der Waals surface area contributed by atoms with Gasteiger partial charge in [-0.05, 0) is 31.0 Å². The first kappa shape index (κ1) is 15.5. The maximum Gasteiger partial charge on any atom is 0.280 e. The van der Waals surface area contributed by atoms with Gasteiger partial charge < -0.3 is 10.3 Å². The topological polar surface area (TPSA) is 90.0 Å². The van der Waals surface area contributed by atoms with Crippen LogP contribution in [0.3, 0.4) is 0 Å². The molecule has 21 heavy (non-hydrogen) atoms. The fraction of sp³-hybridized carbons (Fsp3) is 0.357. The molecule has 6 nitrogen and oxygen atoms in total. The minimum absolute atomic E-state index is 0.0339. The molecule has 0 amide bonds. The highest BCUT2D eigenvalue weighted by Gasteiger charge is 2.19. The van der Waals surface area contributed by atoms with Crippen LogP contribution in [-0.4, -0.2) is 18.0 Å². The number of anilines is 1. The third-order valence-corrected chi connectivity index (χ3v) is 4.36. The highest BCUT2D eigenvalue weighted by molar-refractivity contribution is 7.92. The minimum atomic E-state index is -3.68. The zero-order chi connectivity index (χ0) is 15.5. The molecule has 0 aliphatic carbocycles. The maximum atomic E-state index is 12.4. The molecule has 0 aliphatic heterocycles. The number of nitrogens with two attached hydrogens (primary N) is 1. The maximum absolute atomic E-state index is 12.4. The van der Waals surface area contributed by atoms with Crippen molar-refractivity contribution < 1.29 is 8.42 Å². The van der Waals surface area contributed by atoms with Crippen LogP contribution >= 0.6 is 0 Å². The summed E-state index contributed by atoms with van der Waals surface area (Å²) in [5, 5.41) is 0.0339. The van der Waals surface area contributed by atoms with Crippen LogP contribution in [0.1, 0.15) is 24.7 Å². The van der Waals surface area contributed by atoms with Crippen molar-refractivity contribution >= 4 is 15.7 Å². The summed E-state index contributed by atoms with van der Waals surface area (Å²) in [7, 11) is -3.68. The second-order valence-electron chi connectivity index (χ2n) is 4.83. The predicted molar refractivity (Wildman–Crippen MR) is 82.4 cm³/mol. The lowest BCUT2D eigenvalue weighted by molar-refractivity contribution is 0.597. The van der Waals surface area contributed by atoms with Crippen LogP contribution in [0, 0.1) is 6.92 Å². The molecular weight excluding hydrogens is 288 g/mol. The number of benzene rings is 1. The van der Waals surface area contributed by atoms with Crippen molar-refractivity contribution in [3.8, 4) is 0 Å². The zero-order valence-corrected chi connectivity index (χ0v) is 13.0. The van der Waals surface area contributed by atoms with Gasteiger partial charge in [-0.3, -0.25) is 4.72 Å². The zero-order valence-electron chi connectivity index (χ0n) is 12.2. The summed E-state index contributed by atoms with van der Waals surface area (Å²) in [6.07, 6.45) is 2.48. The monoisotopic (exact) mass is 308 g/mol. The van der Waals surface area contributed by atoms with Crippen molar-refractivity contribution in [2.75, 3.05) is 4.72 Å². The highest BCUT2D eigenvalue weighted by atomic mass is 32.2. The number of nitrogens with zero attached hydrogens (tertiary/aromatic N) is 2. The molecule has 1 heterocycles. The molecule has 0 spiro atoms. The lowest BCUT2D eigenvalue weighted by Crippen LogP contribution is -2.13. The van der Waals surface area contributed by atoms with E-state index < -0.39 is 10.0 Å². The first-order valence-electron chi connectivity index (χ1n) is 6.82. The van der Waals surface area contributed by atoms with Gasteiger partial charge in [0.15, 0.2) is 5.03 Å². The van der Waals surface area contributed by atoms with Crippen LogP contribution in [0.2, 0.25) is 0 Å². The molecule has 2 rings (SSSR count). The van der Waals surface area contributed by atoms with E-state index in [0.29, 0.717) is 18.1 Å². The number of sulfonamides is 1. The van der Waals surface area contributed by atoms with Gasteiger partial charge in [0.1, 0.15) is 5.82 Å². The highest BCUT2D eigenvalue weighted by Crippen LogP contribution is 2.17. The Morgan fingerprint density at radius 2 is 2.14 bits per heavy atom. The van der Waals surface area contributed by atoms with Gasteiger partial charge >= 0.3 is 0 Å². The Kier molecular flexibility index (Phi) is 4.64. The first-order valence-corrected chi connectivity index (χ1v) is 8.30. The van der Waals surface area contributed by atoms with Gasteiger partial charge in [0, 0.05) is 25.0 Å². The molecule has 0 fully saturated rings. The van der Waals surface area contributed by atoms with Gasteiger partial charge in [0.2, 0.25) is 0 Å².